The van der Waals surface area contributed by atoms with Gasteiger partial charge in [-0.05, 0) is 80.4 Å². The summed E-state index contributed by atoms with van der Waals surface area (Å²) in [7, 11) is 0. The molecular weight excluding hydrogens is 761 g/mol. The molecule has 6 heteroatoms. The first-order valence-electron chi connectivity index (χ1n) is 25.5. The van der Waals surface area contributed by atoms with Gasteiger partial charge in [0.05, 0.1) is 9.75 Å². The van der Waals surface area contributed by atoms with Crippen LogP contribution in [0, 0.1) is 13.8 Å². The fourth-order valence-electron chi connectivity index (χ4n) is 9.05. The predicted octanol–water partition coefficient (Wildman–Crippen LogP) is 17.5. The number of aryl methyl sites for hydroxylation is 2. The minimum absolute atomic E-state index is 0.0699. The molecule has 0 radical (unpaired) electrons. The first-order valence-corrected chi connectivity index (χ1v) is 27.1. The number of carbonyl (C=O) groups excluding carboxylic acids is 2. The van der Waals surface area contributed by atoms with Crippen LogP contribution in [0.15, 0.2) is 12.1 Å². The van der Waals surface area contributed by atoms with Crippen LogP contribution in [0.3, 0.4) is 0 Å². The second kappa shape index (κ2) is 33.7. The van der Waals surface area contributed by atoms with E-state index in [1.165, 1.54) is 225 Å². The summed E-state index contributed by atoms with van der Waals surface area (Å²) >= 11 is 3.25. The van der Waals surface area contributed by atoms with E-state index in [1.54, 1.807) is 22.7 Å². The summed E-state index contributed by atoms with van der Waals surface area (Å²) in [6, 6.07) is 4.27. The zero-order valence-electron chi connectivity index (χ0n) is 39.0. The van der Waals surface area contributed by atoms with Gasteiger partial charge in [-0.1, -0.05) is 206 Å². The number of unbranched alkanes of at least 4 members (excludes halogenated alkanes) is 30. The van der Waals surface area contributed by atoms with Crippen LogP contribution in [0.5, 0.6) is 0 Å². The molecule has 336 valence electrons. The predicted molar refractivity (Wildman–Crippen MR) is 263 cm³/mol. The van der Waals surface area contributed by atoms with Crippen molar-refractivity contribution in [3.63, 3.8) is 0 Å². The third-order valence-corrected chi connectivity index (χ3v) is 14.9. The number of hydrogen-bond donors (Lipinski definition) is 2. The van der Waals surface area contributed by atoms with Crippen LogP contribution in [0.25, 0.3) is 11.1 Å². The standard InChI is InChI=1S/C53H90N2O2S2/c1-5-7-9-11-13-15-17-19-21-23-25-27-29-31-33-35-40-54-52(56)50-42-48(44(3)58-50)46-38-37-39-47(46)49-43-51(59-45(49)4)53(57)55-41-36-34-32-30-28-26-24-22-20-18-16-14-12-10-8-6-2/h42-43H,5-41H2,1-4H3,(H,54,56)(H,55,57). The van der Waals surface area contributed by atoms with E-state index >= 15 is 0 Å². The Balaban J connectivity index is 1.27. The van der Waals surface area contributed by atoms with E-state index in [0.29, 0.717) is 0 Å². The monoisotopic (exact) mass is 851 g/mol. The second-order valence-corrected chi connectivity index (χ2v) is 20.6. The Morgan fingerprint density at radius 3 is 0.949 bits per heavy atom. The Morgan fingerprint density at radius 2 is 0.678 bits per heavy atom. The Labute approximate surface area is 372 Å². The number of nitrogens with one attached hydrogen (secondary N) is 2. The van der Waals surface area contributed by atoms with Gasteiger partial charge in [0.15, 0.2) is 0 Å². The highest BCUT2D eigenvalue weighted by atomic mass is 32.1. The lowest BCUT2D eigenvalue weighted by Crippen LogP contribution is -2.23. The zero-order valence-corrected chi connectivity index (χ0v) is 40.6. The Morgan fingerprint density at radius 1 is 0.424 bits per heavy atom. The molecule has 0 atom stereocenters. The van der Waals surface area contributed by atoms with Crippen LogP contribution in [-0.2, 0) is 0 Å². The number of allylic oxidation sites excluding steroid dienone is 2. The van der Waals surface area contributed by atoms with Crippen LogP contribution in [0.4, 0.5) is 0 Å². The van der Waals surface area contributed by atoms with Gasteiger partial charge in [-0.15, -0.1) is 22.7 Å². The smallest absolute Gasteiger partial charge is 0.261 e. The normalized spacial score (nSPS) is 12.9. The van der Waals surface area contributed by atoms with Gasteiger partial charge in [-0.2, -0.15) is 0 Å². The molecular formula is C53H90N2O2S2. The highest BCUT2D eigenvalue weighted by Crippen LogP contribution is 2.45. The summed E-state index contributed by atoms with van der Waals surface area (Å²) in [5, 5.41) is 6.42. The molecule has 1 aliphatic carbocycles. The van der Waals surface area contributed by atoms with E-state index in [1.807, 2.05) is 0 Å². The third kappa shape index (κ3) is 22.1. The van der Waals surface area contributed by atoms with E-state index in [2.05, 4.69) is 50.5 Å². The van der Waals surface area contributed by atoms with Gasteiger partial charge in [0.2, 0.25) is 0 Å². The first kappa shape index (κ1) is 51.4. The van der Waals surface area contributed by atoms with Crippen molar-refractivity contribution in [3.05, 3.63) is 42.8 Å². The molecule has 0 aromatic carbocycles. The van der Waals surface area contributed by atoms with Crippen LogP contribution >= 0.6 is 22.7 Å². The molecule has 2 heterocycles. The van der Waals surface area contributed by atoms with Crippen molar-refractivity contribution in [2.75, 3.05) is 13.1 Å². The maximum absolute atomic E-state index is 13.2. The summed E-state index contributed by atoms with van der Waals surface area (Å²) in [5.41, 5.74) is 5.21. The second-order valence-electron chi connectivity index (χ2n) is 18.1. The van der Waals surface area contributed by atoms with Gasteiger partial charge >= 0.3 is 0 Å². The largest absolute Gasteiger partial charge is 0.351 e. The number of amides is 2. The molecule has 0 bridgehead atoms. The van der Waals surface area contributed by atoms with Crippen molar-refractivity contribution >= 4 is 45.6 Å². The van der Waals surface area contributed by atoms with Crippen LogP contribution in [0.2, 0.25) is 0 Å². The summed E-state index contributed by atoms with van der Waals surface area (Å²) in [6.07, 6.45) is 46.7. The number of hydrogen-bond acceptors (Lipinski definition) is 4. The molecule has 4 nitrogen and oxygen atoms in total. The van der Waals surface area contributed by atoms with E-state index in [-0.39, 0.29) is 11.8 Å². The molecule has 2 aromatic rings. The Bertz CT molecular complexity index is 1320. The summed E-state index contributed by atoms with van der Waals surface area (Å²) in [4.78, 5) is 30.4. The Kier molecular flexibility index (Phi) is 29.4. The summed E-state index contributed by atoms with van der Waals surface area (Å²) in [6.45, 7) is 10.4. The van der Waals surface area contributed by atoms with E-state index in [9.17, 15) is 9.59 Å². The lowest BCUT2D eigenvalue weighted by Gasteiger charge is -2.07. The summed E-state index contributed by atoms with van der Waals surface area (Å²) in [5.74, 6) is 0.140. The molecule has 59 heavy (non-hydrogen) atoms. The van der Waals surface area contributed by atoms with Crippen molar-refractivity contribution < 1.29 is 9.59 Å². The average Bonchev–Trinajstić information content (AvgIpc) is 3.98. The SMILES string of the molecule is CCCCCCCCCCCCCCCCCCNC(=O)c1cc(C2=C(c3cc(C(=O)NCCCCCCCCCCCCCCCCCC)sc3C)CCC2)c(C)s1. The molecule has 2 N–H and O–H groups in total. The first-order chi connectivity index (χ1) is 29.0. The summed E-state index contributed by atoms with van der Waals surface area (Å²) < 4.78 is 0. The Hall–Kier alpha value is -1.92. The number of carbonyl (C=O) groups is 2. The van der Waals surface area contributed by atoms with Crippen molar-refractivity contribution in [2.24, 2.45) is 0 Å². The van der Waals surface area contributed by atoms with Crippen molar-refractivity contribution in [2.45, 2.75) is 252 Å². The average molecular weight is 851 g/mol. The lowest BCUT2D eigenvalue weighted by molar-refractivity contribution is 0.0948. The number of thiophene rings is 2. The molecule has 3 rings (SSSR count). The lowest BCUT2D eigenvalue weighted by atomic mass is 9.97. The highest BCUT2D eigenvalue weighted by Gasteiger charge is 2.25. The molecule has 0 saturated heterocycles. The molecule has 1 aliphatic rings. The van der Waals surface area contributed by atoms with E-state index in [0.717, 1.165) is 54.9 Å². The molecule has 0 fully saturated rings. The van der Waals surface area contributed by atoms with Gasteiger partial charge in [0, 0.05) is 22.8 Å². The van der Waals surface area contributed by atoms with Gasteiger partial charge in [0.1, 0.15) is 0 Å². The molecule has 0 aliphatic heterocycles. The molecule has 0 spiro atoms. The molecule has 0 saturated carbocycles. The maximum Gasteiger partial charge on any atom is 0.261 e. The highest BCUT2D eigenvalue weighted by molar-refractivity contribution is 7.14. The zero-order chi connectivity index (χ0) is 42.2. The van der Waals surface area contributed by atoms with Crippen molar-refractivity contribution in [1.29, 1.82) is 0 Å². The van der Waals surface area contributed by atoms with Gasteiger partial charge in [-0.3, -0.25) is 9.59 Å². The quantitative estimate of drug-likeness (QED) is 0.0661. The van der Waals surface area contributed by atoms with Crippen LogP contribution in [-0.4, -0.2) is 24.9 Å². The minimum atomic E-state index is 0.0699. The fourth-order valence-corrected chi connectivity index (χ4v) is 11.0. The van der Waals surface area contributed by atoms with Crippen molar-refractivity contribution in [1.82, 2.24) is 10.6 Å². The number of rotatable bonds is 38. The molecule has 2 amide bonds. The van der Waals surface area contributed by atoms with E-state index in [4.69, 9.17) is 0 Å². The van der Waals surface area contributed by atoms with Crippen LogP contribution in [0.1, 0.15) is 279 Å². The van der Waals surface area contributed by atoms with Crippen LogP contribution < -0.4 is 10.6 Å². The van der Waals surface area contributed by atoms with Gasteiger partial charge in [0.25, 0.3) is 11.8 Å². The van der Waals surface area contributed by atoms with Gasteiger partial charge < -0.3 is 10.6 Å². The third-order valence-electron chi connectivity index (χ3n) is 12.8. The maximum atomic E-state index is 13.2. The van der Waals surface area contributed by atoms with Crippen molar-refractivity contribution in [3.8, 4) is 0 Å². The minimum Gasteiger partial charge on any atom is -0.351 e. The van der Waals surface area contributed by atoms with E-state index < -0.39 is 0 Å². The topological polar surface area (TPSA) is 58.2 Å². The molecule has 0 unspecified atom stereocenters. The molecule has 2 aromatic heterocycles. The van der Waals surface area contributed by atoms with Gasteiger partial charge in [-0.25, -0.2) is 0 Å². The fraction of sp³-hybridized carbons (Fsp3) is 0.774.